The molecular formula is C16H11N3O2. The van der Waals surface area contributed by atoms with Gasteiger partial charge in [-0.25, -0.2) is 0 Å². The molecule has 1 heterocycles. The predicted molar refractivity (Wildman–Crippen MR) is 82.1 cm³/mol. The molecule has 0 fully saturated rings. The van der Waals surface area contributed by atoms with Crippen molar-refractivity contribution in [2.24, 2.45) is 4.99 Å². The Kier molecular flexibility index (Phi) is 3.39. The highest BCUT2D eigenvalue weighted by Gasteiger charge is 2.02. The Morgan fingerprint density at radius 1 is 1.10 bits per heavy atom. The van der Waals surface area contributed by atoms with Gasteiger partial charge < -0.3 is 0 Å². The van der Waals surface area contributed by atoms with Gasteiger partial charge in [0.1, 0.15) is 0 Å². The van der Waals surface area contributed by atoms with Crippen molar-refractivity contribution >= 4 is 28.5 Å². The molecule has 0 N–H and O–H groups in total. The molecule has 0 atom stereocenters. The Balaban J connectivity index is 1.85. The van der Waals surface area contributed by atoms with Gasteiger partial charge in [-0.2, -0.15) is 0 Å². The number of hydrogen-bond acceptors (Lipinski definition) is 4. The van der Waals surface area contributed by atoms with Crippen LogP contribution in [0.4, 0.5) is 11.4 Å². The van der Waals surface area contributed by atoms with E-state index in [2.05, 4.69) is 9.98 Å². The number of aliphatic imine (C=N–C) groups is 1. The second-order valence-corrected chi connectivity index (χ2v) is 4.49. The van der Waals surface area contributed by atoms with Gasteiger partial charge in [0.2, 0.25) is 0 Å². The Labute approximate surface area is 120 Å². The first-order chi connectivity index (χ1) is 10.2. The summed E-state index contributed by atoms with van der Waals surface area (Å²) in [5.41, 5.74) is 2.62. The topological polar surface area (TPSA) is 68.4 Å². The van der Waals surface area contributed by atoms with Crippen LogP contribution in [0.25, 0.3) is 10.9 Å². The van der Waals surface area contributed by atoms with E-state index in [4.69, 9.17) is 0 Å². The summed E-state index contributed by atoms with van der Waals surface area (Å²) in [5.74, 6) is 0. The van der Waals surface area contributed by atoms with Crippen molar-refractivity contribution in [3.63, 3.8) is 0 Å². The highest BCUT2D eigenvalue weighted by Crippen LogP contribution is 2.18. The fourth-order valence-corrected chi connectivity index (χ4v) is 1.98. The lowest BCUT2D eigenvalue weighted by atomic mass is 10.1. The summed E-state index contributed by atoms with van der Waals surface area (Å²) in [4.78, 5) is 18.7. The fourth-order valence-electron chi connectivity index (χ4n) is 1.98. The molecule has 5 heteroatoms. The zero-order valence-corrected chi connectivity index (χ0v) is 11.0. The normalized spacial score (nSPS) is 11.0. The Hall–Kier alpha value is -3.08. The number of pyridine rings is 1. The number of rotatable bonds is 3. The molecule has 0 unspecified atom stereocenters. The van der Waals surface area contributed by atoms with E-state index in [0.29, 0.717) is 5.69 Å². The first-order valence-corrected chi connectivity index (χ1v) is 6.36. The monoisotopic (exact) mass is 277 g/mol. The second kappa shape index (κ2) is 5.50. The summed E-state index contributed by atoms with van der Waals surface area (Å²) in [5, 5.41) is 11.6. The molecule has 5 nitrogen and oxygen atoms in total. The zero-order chi connectivity index (χ0) is 14.7. The zero-order valence-electron chi connectivity index (χ0n) is 11.0. The molecule has 21 heavy (non-hydrogen) atoms. The standard InChI is InChI=1S/C16H11N3O2/c20-19(21)15-6-4-14(5-7-15)18-11-12-3-8-16-13(10-12)2-1-9-17-16/h1-11H. The second-order valence-electron chi connectivity index (χ2n) is 4.49. The lowest BCUT2D eigenvalue weighted by Gasteiger charge is -1.98. The quantitative estimate of drug-likeness (QED) is 0.414. The molecule has 1 aromatic heterocycles. The summed E-state index contributed by atoms with van der Waals surface area (Å²) in [6, 6.07) is 15.9. The largest absolute Gasteiger partial charge is 0.269 e. The van der Waals surface area contributed by atoms with Crippen LogP contribution in [0.5, 0.6) is 0 Å². The molecule has 0 amide bonds. The van der Waals surface area contributed by atoms with E-state index in [1.54, 1.807) is 24.5 Å². The minimum absolute atomic E-state index is 0.0609. The van der Waals surface area contributed by atoms with Gasteiger partial charge in [0, 0.05) is 29.9 Å². The van der Waals surface area contributed by atoms with E-state index in [-0.39, 0.29) is 5.69 Å². The van der Waals surface area contributed by atoms with Crippen molar-refractivity contribution in [3.8, 4) is 0 Å². The smallest absolute Gasteiger partial charge is 0.258 e. The molecular weight excluding hydrogens is 266 g/mol. The lowest BCUT2D eigenvalue weighted by molar-refractivity contribution is -0.384. The van der Waals surface area contributed by atoms with Gasteiger partial charge in [-0.1, -0.05) is 12.1 Å². The van der Waals surface area contributed by atoms with Crippen LogP contribution < -0.4 is 0 Å². The molecule has 102 valence electrons. The van der Waals surface area contributed by atoms with Crippen molar-refractivity contribution in [2.45, 2.75) is 0 Å². The number of hydrogen-bond donors (Lipinski definition) is 0. The van der Waals surface area contributed by atoms with Crippen LogP contribution in [-0.4, -0.2) is 16.1 Å². The summed E-state index contributed by atoms with van der Waals surface area (Å²) in [6.45, 7) is 0. The third-order valence-corrected chi connectivity index (χ3v) is 3.05. The van der Waals surface area contributed by atoms with Crippen LogP contribution >= 0.6 is 0 Å². The third kappa shape index (κ3) is 2.92. The average Bonchev–Trinajstić information content (AvgIpc) is 2.53. The van der Waals surface area contributed by atoms with E-state index in [1.807, 2.05) is 30.3 Å². The van der Waals surface area contributed by atoms with Crippen LogP contribution in [-0.2, 0) is 0 Å². The Morgan fingerprint density at radius 3 is 2.67 bits per heavy atom. The summed E-state index contributed by atoms with van der Waals surface area (Å²) in [7, 11) is 0. The maximum Gasteiger partial charge on any atom is 0.269 e. The van der Waals surface area contributed by atoms with E-state index in [9.17, 15) is 10.1 Å². The van der Waals surface area contributed by atoms with Crippen molar-refractivity contribution < 1.29 is 4.92 Å². The molecule has 0 aliphatic carbocycles. The molecule has 2 aromatic carbocycles. The van der Waals surface area contributed by atoms with Crippen molar-refractivity contribution in [3.05, 3.63) is 76.5 Å². The molecule has 0 saturated carbocycles. The average molecular weight is 277 g/mol. The minimum Gasteiger partial charge on any atom is -0.258 e. The number of aromatic nitrogens is 1. The van der Waals surface area contributed by atoms with Gasteiger partial charge in [0.15, 0.2) is 0 Å². The Morgan fingerprint density at radius 2 is 1.90 bits per heavy atom. The molecule has 0 saturated heterocycles. The van der Waals surface area contributed by atoms with Gasteiger partial charge >= 0.3 is 0 Å². The van der Waals surface area contributed by atoms with Gasteiger partial charge in [0.05, 0.1) is 16.1 Å². The van der Waals surface area contributed by atoms with Crippen LogP contribution in [0.1, 0.15) is 5.56 Å². The van der Waals surface area contributed by atoms with Crippen LogP contribution in [0.3, 0.4) is 0 Å². The highest BCUT2D eigenvalue weighted by molar-refractivity contribution is 5.89. The first-order valence-electron chi connectivity index (χ1n) is 6.36. The number of benzene rings is 2. The van der Waals surface area contributed by atoms with E-state index in [1.165, 1.54) is 12.1 Å². The SMILES string of the molecule is O=[N+]([O-])c1ccc(N=Cc2ccc3ncccc3c2)cc1. The number of nitro benzene ring substituents is 1. The molecule has 3 aromatic rings. The summed E-state index contributed by atoms with van der Waals surface area (Å²) in [6.07, 6.45) is 3.49. The van der Waals surface area contributed by atoms with Gasteiger partial charge in [-0.05, 0) is 35.9 Å². The minimum atomic E-state index is -0.427. The van der Waals surface area contributed by atoms with Gasteiger partial charge in [0.25, 0.3) is 5.69 Å². The van der Waals surface area contributed by atoms with E-state index in [0.717, 1.165) is 16.5 Å². The van der Waals surface area contributed by atoms with Gasteiger partial charge in [-0.15, -0.1) is 0 Å². The summed E-state index contributed by atoms with van der Waals surface area (Å²) < 4.78 is 0. The number of fused-ring (bicyclic) bond motifs is 1. The van der Waals surface area contributed by atoms with E-state index >= 15 is 0 Å². The predicted octanol–water partition coefficient (Wildman–Crippen LogP) is 3.89. The molecule has 0 aliphatic rings. The van der Waals surface area contributed by atoms with Crippen molar-refractivity contribution in [1.29, 1.82) is 0 Å². The van der Waals surface area contributed by atoms with E-state index < -0.39 is 4.92 Å². The number of non-ortho nitro benzene ring substituents is 1. The first kappa shape index (κ1) is 12.9. The van der Waals surface area contributed by atoms with Crippen LogP contribution in [0, 0.1) is 10.1 Å². The molecule has 3 rings (SSSR count). The Bertz CT molecular complexity index is 826. The lowest BCUT2D eigenvalue weighted by Crippen LogP contribution is -1.86. The third-order valence-electron chi connectivity index (χ3n) is 3.05. The molecule has 0 spiro atoms. The number of nitrogens with zero attached hydrogens (tertiary/aromatic N) is 3. The van der Waals surface area contributed by atoms with Gasteiger partial charge in [-0.3, -0.25) is 20.1 Å². The van der Waals surface area contributed by atoms with Crippen LogP contribution in [0.15, 0.2) is 65.8 Å². The summed E-state index contributed by atoms with van der Waals surface area (Å²) >= 11 is 0. The molecule has 0 bridgehead atoms. The van der Waals surface area contributed by atoms with Crippen molar-refractivity contribution in [2.75, 3.05) is 0 Å². The maximum absolute atomic E-state index is 10.6. The van der Waals surface area contributed by atoms with Crippen molar-refractivity contribution in [1.82, 2.24) is 4.98 Å². The molecule has 0 aliphatic heterocycles. The highest BCUT2D eigenvalue weighted by atomic mass is 16.6. The van der Waals surface area contributed by atoms with Crippen LogP contribution in [0.2, 0.25) is 0 Å². The maximum atomic E-state index is 10.6. The molecule has 0 radical (unpaired) electrons. The fraction of sp³-hybridized carbons (Fsp3) is 0. The number of nitro groups is 1.